The molecular formula is C27H29NO3. The van der Waals surface area contributed by atoms with Crippen molar-refractivity contribution in [2.75, 3.05) is 6.79 Å². The van der Waals surface area contributed by atoms with E-state index in [0.29, 0.717) is 18.7 Å². The number of hydrogen-bond donors (Lipinski definition) is 0. The van der Waals surface area contributed by atoms with E-state index in [1.165, 1.54) is 16.7 Å². The third-order valence-electron chi connectivity index (χ3n) is 5.94. The second kappa shape index (κ2) is 9.69. The molecule has 0 N–H and O–H groups in total. The van der Waals surface area contributed by atoms with Crippen molar-refractivity contribution in [3.05, 3.63) is 95.1 Å². The molecule has 1 amide bonds. The van der Waals surface area contributed by atoms with Crippen molar-refractivity contribution >= 4 is 5.91 Å². The Morgan fingerprint density at radius 3 is 2.48 bits per heavy atom. The molecule has 1 atom stereocenters. The molecule has 0 aromatic heterocycles. The maximum absolute atomic E-state index is 13.4. The first-order valence-electron chi connectivity index (χ1n) is 10.9. The molecule has 160 valence electrons. The Labute approximate surface area is 184 Å². The average molecular weight is 416 g/mol. The van der Waals surface area contributed by atoms with Gasteiger partial charge in [0.25, 0.3) is 0 Å². The van der Waals surface area contributed by atoms with Crippen molar-refractivity contribution in [2.24, 2.45) is 0 Å². The standard InChI is InChI=1S/C27H29NO3/c1-20-8-6-7-11-24(20)18-28(21(2)12-13-22-9-4-3-5-10-22)27(29)17-23-14-15-25-26(16-23)31-19-30-25/h3-11,14-16,21H,12-13,17-19H2,1-2H3/t21-/m1/s1. The molecule has 1 heterocycles. The fraction of sp³-hybridized carbons (Fsp3) is 0.296. The average Bonchev–Trinajstić information content (AvgIpc) is 3.25. The molecule has 0 spiro atoms. The van der Waals surface area contributed by atoms with E-state index in [2.05, 4.69) is 50.2 Å². The molecule has 1 aliphatic rings. The van der Waals surface area contributed by atoms with Gasteiger partial charge in [0.1, 0.15) is 0 Å². The number of carbonyl (C=O) groups is 1. The number of carbonyl (C=O) groups excluding carboxylic acids is 1. The van der Waals surface area contributed by atoms with E-state index in [1.807, 2.05) is 41.3 Å². The lowest BCUT2D eigenvalue weighted by Crippen LogP contribution is -2.39. The summed E-state index contributed by atoms with van der Waals surface area (Å²) in [7, 11) is 0. The zero-order chi connectivity index (χ0) is 21.6. The third kappa shape index (κ3) is 5.26. The maximum Gasteiger partial charge on any atom is 0.231 e. The first kappa shape index (κ1) is 21.0. The lowest BCUT2D eigenvalue weighted by molar-refractivity contribution is -0.133. The van der Waals surface area contributed by atoms with Crippen molar-refractivity contribution in [2.45, 2.75) is 45.7 Å². The van der Waals surface area contributed by atoms with Gasteiger partial charge in [0, 0.05) is 12.6 Å². The van der Waals surface area contributed by atoms with Crippen LogP contribution in [-0.4, -0.2) is 23.6 Å². The van der Waals surface area contributed by atoms with E-state index >= 15 is 0 Å². The van der Waals surface area contributed by atoms with Crippen LogP contribution < -0.4 is 9.47 Å². The van der Waals surface area contributed by atoms with Gasteiger partial charge in [-0.05, 0) is 61.1 Å². The van der Waals surface area contributed by atoms with E-state index < -0.39 is 0 Å². The quantitative estimate of drug-likeness (QED) is 0.500. The van der Waals surface area contributed by atoms with Crippen LogP contribution in [0.2, 0.25) is 0 Å². The highest BCUT2D eigenvalue weighted by molar-refractivity contribution is 5.79. The Morgan fingerprint density at radius 1 is 0.935 bits per heavy atom. The lowest BCUT2D eigenvalue weighted by Gasteiger charge is -2.30. The summed E-state index contributed by atoms with van der Waals surface area (Å²) in [5.41, 5.74) is 4.64. The predicted octanol–water partition coefficient (Wildman–Crippen LogP) is 5.32. The number of benzene rings is 3. The van der Waals surface area contributed by atoms with Gasteiger partial charge in [0.2, 0.25) is 12.7 Å². The van der Waals surface area contributed by atoms with Crippen LogP contribution in [0.15, 0.2) is 72.8 Å². The minimum Gasteiger partial charge on any atom is -0.454 e. The number of ether oxygens (including phenoxy) is 2. The van der Waals surface area contributed by atoms with Crippen LogP contribution in [0.4, 0.5) is 0 Å². The summed E-state index contributed by atoms with van der Waals surface area (Å²) in [4.78, 5) is 15.5. The molecule has 0 aliphatic carbocycles. The molecule has 1 aliphatic heterocycles. The van der Waals surface area contributed by atoms with E-state index in [4.69, 9.17) is 9.47 Å². The molecule has 4 rings (SSSR count). The van der Waals surface area contributed by atoms with Crippen LogP contribution in [0.25, 0.3) is 0 Å². The summed E-state index contributed by atoms with van der Waals surface area (Å²) in [6, 6.07) is 24.6. The van der Waals surface area contributed by atoms with E-state index in [-0.39, 0.29) is 18.7 Å². The summed E-state index contributed by atoms with van der Waals surface area (Å²) >= 11 is 0. The molecule has 0 saturated heterocycles. The molecule has 3 aromatic rings. The van der Waals surface area contributed by atoms with Crippen LogP contribution in [0.3, 0.4) is 0 Å². The number of hydrogen-bond acceptors (Lipinski definition) is 3. The van der Waals surface area contributed by atoms with E-state index in [9.17, 15) is 4.79 Å². The summed E-state index contributed by atoms with van der Waals surface area (Å²) < 4.78 is 10.9. The molecular weight excluding hydrogens is 386 g/mol. The fourth-order valence-electron chi connectivity index (χ4n) is 3.96. The highest BCUT2D eigenvalue weighted by atomic mass is 16.7. The van der Waals surface area contributed by atoms with Crippen LogP contribution in [0.5, 0.6) is 11.5 Å². The largest absolute Gasteiger partial charge is 0.454 e. The number of aryl methyl sites for hydroxylation is 2. The van der Waals surface area contributed by atoms with Crippen LogP contribution >= 0.6 is 0 Å². The Kier molecular flexibility index (Phi) is 6.56. The van der Waals surface area contributed by atoms with Gasteiger partial charge < -0.3 is 14.4 Å². The van der Waals surface area contributed by atoms with Gasteiger partial charge in [0.15, 0.2) is 11.5 Å². The molecule has 4 nitrogen and oxygen atoms in total. The van der Waals surface area contributed by atoms with Crippen LogP contribution in [0, 0.1) is 6.92 Å². The SMILES string of the molecule is Cc1ccccc1CN(C(=O)Cc1ccc2c(c1)OCO2)[C@H](C)CCc1ccccc1. The molecule has 3 aromatic carbocycles. The van der Waals surface area contributed by atoms with Crippen molar-refractivity contribution in [1.29, 1.82) is 0 Å². The first-order valence-corrected chi connectivity index (χ1v) is 10.9. The highest BCUT2D eigenvalue weighted by Crippen LogP contribution is 2.32. The molecule has 0 radical (unpaired) electrons. The molecule has 0 fully saturated rings. The van der Waals surface area contributed by atoms with Crippen LogP contribution in [0.1, 0.15) is 35.6 Å². The van der Waals surface area contributed by atoms with Gasteiger partial charge in [-0.15, -0.1) is 0 Å². The van der Waals surface area contributed by atoms with Crippen molar-refractivity contribution in [3.63, 3.8) is 0 Å². The van der Waals surface area contributed by atoms with E-state index in [0.717, 1.165) is 24.2 Å². The van der Waals surface area contributed by atoms with Gasteiger partial charge in [-0.25, -0.2) is 0 Å². The minimum atomic E-state index is 0.126. The smallest absolute Gasteiger partial charge is 0.231 e. The summed E-state index contributed by atoms with van der Waals surface area (Å²) in [5.74, 6) is 1.58. The second-order valence-electron chi connectivity index (χ2n) is 8.19. The number of fused-ring (bicyclic) bond motifs is 1. The maximum atomic E-state index is 13.4. The van der Waals surface area contributed by atoms with Crippen molar-refractivity contribution in [1.82, 2.24) is 4.90 Å². The zero-order valence-corrected chi connectivity index (χ0v) is 18.2. The number of rotatable bonds is 8. The summed E-state index contributed by atoms with van der Waals surface area (Å²) in [6.45, 7) is 5.11. The minimum absolute atomic E-state index is 0.126. The molecule has 31 heavy (non-hydrogen) atoms. The van der Waals surface area contributed by atoms with E-state index in [1.54, 1.807) is 0 Å². The number of nitrogens with zero attached hydrogens (tertiary/aromatic N) is 1. The Balaban J connectivity index is 1.50. The molecule has 4 heteroatoms. The van der Waals surface area contributed by atoms with Gasteiger partial charge >= 0.3 is 0 Å². The normalized spacial score (nSPS) is 13.1. The second-order valence-corrected chi connectivity index (χ2v) is 8.19. The van der Waals surface area contributed by atoms with Gasteiger partial charge in [-0.3, -0.25) is 4.79 Å². The van der Waals surface area contributed by atoms with Gasteiger partial charge in [-0.2, -0.15) is 0 Å². The summed E-state index contributed by atoms with van der Waals surface area (Å²) in [5, 5.41) is 0. The van der Waals surface area contributed by atoms with Gasteiger partial charge in [0.05, 0.1) is 6.42 Å². The van der Waals surface area contributed by atoms with Gasteiger partial charge in [-0.1, -0.05) is 60.7 Å². The van der Waals surface area contributed by atoms with Crippen LogP contribution in [-0.2, 0) is 24.2 Å². The lowest BCUT2D eigenvalue weighted by atomic mass is 10.0. The molecule has 0 bridgehead atoms. The van der Waals surface area contributed by atoms with Crippen molar-refractivity contribution < 1.29 is 14.3 Å². The Morgan fingerprint density at radius 2 is 1.68 bits per heavy atom. The molecule has 0 unspecified atom stereocenters. The Bertz CT molecular complexity index is 1030. The zero-order valence-electron chi connectivity index (χ0n) is 18.2. The fourth-order valence-corrected chi connectivity index (χ4v) is 3.96. The highest BCUT2D eigenvalue weighted by Gasteiger charge is 2.22. The molecule has 0 saturated carbocycles. The monoisotopic (exact) mass is 415 g/mol. The predicted molar refractivity (Wildman–Crippen MR) is 122 cm³/mol. The first-order chi connectivity index (χ1) is 15.1. The van der Waals surface area contributed by atoms with Crippen molar-refractivity contribution in [3.8, 4) is 11.5 Å². The Hall–Kier alpha value is -3.27. The summed E-state index contributed by atoms with van der Waals surface area (Å²) in [6.07, 6.45) is 2.21. The third-order valence-corrected chi connectivity index (χ3v) is 5.94. The topological polar surface area (TPSA) is 38.8 Å². The number of amides is 1.